The van der Waals surface area contributed by atoms with E-state index in [2.05, 4.69) is 12.2 Å². The van der Waals surface area contributed by atoms with Gasteiger partial charge in [-0.3, -0.25) is 0 Å². The van der Waals surface area contributed by atoms with Crippen molar-refractivity contribution in [1.29, 1.82) is 0 Å². The molecule has 1 aliphatic rings. The first-order valence-corrected chi connectivity index (χ1v) is 8.04. The maximum atomic E-state index is 6.09. The average molecular weight is 334 g/mol. The number of hydrogen-bond acceptors (Lipinski definition) is 3. The molecule has 2 unspecified atom stereocenters. The van der Waals surface area contributed by atoms with Gasteiger partial charge < -0.3 is 14.8 Å². The number of benzene rings is 2. The Bertz CT molecular complexity index is 585. The highest BCUT2D eigenvalue weighted by Gasteiger charge is 2.20. The van der Waals surface area contributed by atoms with Gasteiger partial charge in [-0.25, -0.2) is 0 Å². The minimum atomic E-state index is 0. The smallest absolute Gasteiger partial charge is 0.131 e. The molecule has 3 rings (SSSR count). The van der Waals surface area contributed by atoms with Crippen LogP contribution in [0.4, 0.5) is 0 Å². The van der Waals surface area contributed by atoms with Crippen LogP contribution in [0.15, 0.2) is 54.6 Å². The molecule has 0 spiro atoms. The van der Waals surface area contributed by atoms with Crippen LogP contribution in [0.5, 0.6) is 17.2 Å². The molecule has 1 saturated heterocycles. The number of nitrogens with one attached hydrogen (secondary N) is 1. The van der Waals surface area contributed by atoms with E-state index in [0.717, 1.165) is 23.8 Å². The van der Waals surface area contributed by atoms with E-state index in [0.29, 0.717) is 6.04 Å². The zero-order valence-electron chi connectivity index (χ0n) is 13.4. The third-order valence-electron chi connectivity index (χ3n) is 4.02. The van der Waals surface area contributed by atoms with Gasteiger partial charge in [0.1, 0.15) is 23.4 Å². The van der Waals surface area contributed by atoms with Crippen LogP contribution >= 0.6 is 12.4 Å². The van der Waals surface area contributed by atoms with Crippen LogP contribution in [-0.4, -0.2) is 18.7 Å². The molecule has 0 aliphatic carbocycles. The molecule has 0 aromatic heterocycles. The molecule has 23 heavy (non-hydrogen) atoms. The number of para-hydroxylation sites is 1. The van der Waals surface area contributed by atoms with Crippen LogP contribution in [0.3, 0.4) is 0 Å². The highest BCUT2D eigenvalue weighted by molar-refractivity contribution is 5.85. The summed E-state index contributed by atoms with van der Waals surface area (Å²) < 4.78 is 11.9. The van der Waals surface area contributed by atoms with Crippen molar-refractivity contribution < 1.29 is 9.47 Å². The third kappa shape index (κ3) is 5.15. The van der Waals surface area contributed by atoms with Crippen LogP contribution in [0.1, 0.15) is 26.2 Å². The SMILES string of the molecule is CC(Oc1cccc(Oc2ccccc2)c1)C1CCCCN1.Cl. The molecule has 4 heteroatoms. The normalized spacial score (nSPS) is 18.6. The number of rotatable bonds is 5. The number of hydrogen-bond donors (Lipinski definition) is 1. The van der Waals surface area contributed by atoms with Gasteiger partial charge in [0.15, 0.2) is 0 Å². The molecule has 0 radical (unpaired) electrons. The molecule has 1 fully saturated rings. The van der Waals surface area contributed by atoms with Gasteiger partial charge in [-0.2, -0.15) is 0 Å². The summed E-state index contributed by atoms with van der Waals surface area (Å²) in [6.07, 6.45) is 3.89. The summed E-state index contributed by atoms with van der Waals surface area (Å²) in [6.45, 7) is 3.23. The summed E-state index contributed by atoms with van der Waals surface area (Å²) in [5, 5.41) is 3.54. The Morgan fingerprint density at radius 1 is 0.957 bits per heavy atom. The van der Waals surface area contributed by atoms with E-state index in [1.165, 1.54) is 19.3 Å². The topological polar surface area (TPSA) is 30.5 Å². The van der Waals surface area contributed by atoms with Crippen molar-refractivity contribution in [2.75, 3.05) is 6.54 Å². The van der Waals surface area contributed by atoms with Gasteiger partial charge in [-0.05, 0) is 50.6 Å². The second-order valence-corrected chi connectivity index (χ2v) is 5.77. The lowest BCUT2D eigenvalue weighted by molar-refractivity contribution is 0.152. The fourth-order valence-electron chi connectivity index (χ4n) is 2.81. The molecule has 0 saturated carbocycles. The van der Waals surface area contributed by atoms with Gasteiger partial charge in [-0.15, -0.1) is 12.4 Å². The first-order chi connectivity index (χ1) is 10.8. The van der Waals surface area contributed by atoms with E-state index in [9.17, 15) is 0 Å². The van der Waals surface area contributed by atoms with Crippen LogP contribution in [0.2, 0.25) is 0 Å². The molecule has 1 heterocycles. The monoisotopic (exact) mass is 333 g/mol. The zero-order chi connectivity index (χ0) is 15.2. The van der Waals surface area contributed by atoms with Crippen molar-refractivity contribution in [3.8, 4) is 17.2 Å². The first-order valence-electron chi connectivity index (χ1n) is 8.04. The van der Waals surface area contributed by atoms with Gasteiger partial charge in [0, 0.05) is 12.1 Å². The van der Waals surface area contributed by atoms with E-state index >= 15 is 0 Å². The summed E-state index contributed by atoms with van der Waals surface area (Å²) in [5.74, 6) is 2.49. The maximum Gasteiger partial charge on any atom is 0.131 e. The van der Waals surface area contributed by atoms with Gasteiger partial charge in [0.2, 0.25) is 0 Å². The highest BCUT2D eigenvalue weighted by Crippen LogP contribution is 2.26. The Morgan fingerprint density at radius 3 is 2.43 bits per heavy atom. The minimum absolute atomic E-state index is 0. The summed E-state index contributed by atoms with van der Waals surface area (Å²) in [5.41, 5.74) is 0. The van der Waals surface area contributed by atoms with Crippen LogP contribution in [0.25, 0.3) is 0 Å². The Morgan fingerprint density at radius 2 is 1.70 bits per heavy atom. The first kappa shape index (κ1) is 17.6. The number of ether oxygens (including phenoxy) is 2. The number of halogens is 1. The number of piperidine rings is 1. The lowest BCUT2D eigenvalue weighted by atomic mass is 10.0. The molecule has 2 aromatic carbocycles. The molecule has 124 valence electrons. The lowest BCUT2D eigenvalue weighted by Gasteiger charge is -2.29. The Kier molecular flexibility index (Phi) is 6.75. The van der Waals surface area contributed by atoms with Crippen LogP contribution in [-0.2, 0) is 0 Å². The molecule has 0 bridgehead atoms. The van der Waals surface area contributed by atoms with Crippen LogP contribution in [0, 0.1) is 0 Å². The van der Waals surface area contributed by atoms with Gasteiger partial charge in [0.25, 0.3) is 0 Å². The molecular weight excluding hydrogens is 310 g/mol. The van der Waals surface area contributed by atoms with E-state index < -0.39 is 0 Å². The van der Waals surface area contributed by atoms with Crippen molar-refractivity contribution in [2.45, 2.75) is 38.3 Å². The summed E-state index contributed by atoms with van der Waals surface area (Å²) >= 11 is 0. The molecule has 2 aromatic rings. The van der Waals surface area contributed by atoms with E-state index in [1.807, 2.05) is 54.6 Å². The zero-order valence-corrected chi connectivity index (χ0v) is 14.2. The Balaban J connectivity index is 0.00000192. The van der Waals surface area contributed by atoms with Crippen molar-refractivity contribution in [2.24, 2.45) is 0 Å². The standard InChI is InChI=1S/C19H23NO2.ClH/c1-15(19-12-5-6-13-20-19)21-17-10-7-11-18(14-17)22-16-8-3-2-4-9-16;/h2-4,7-11,14-15,19-20H,5-6,12-13H2,1H3;1H. The van der Waals surface area contributed by atoms with Gasteiger partial charge in [0.05, 0.1) is 0 Å². The maximum absolute atomic E-state index is 6.09. The van der Waals surface area contributed by atoms with Crippen molar-refractivity contribution >= 4 is 12.4 Å². The Hall–Kier alpha value is -1.71. The van der Waals surface area contributed by atoms with Crippen LogP contribution < -0.4 is 14.8 Å². The van der Waals surface area contributed by atoms with Gasteiger partial charge in [-0.1, -0.05) is 30.7 Å². The fraction of sp³-hybridized carbons (Fsp3) is 0.368. The molecular formula is C19H24ClNO2. The second-order valence-electron chi connectivity index (χ2n) is 5.77. The fourth-order valence-corrected chi connectivity index (χ4v) is 2.81. The quantitative estimate of drug-likeness (QED) is 0.851. The van der Waals surface area contributed by atoms with E-state index in [1.54, 1.807) is 0 Å². The molecule has 3 nitrogen and oxygen atoms in total. The van der Waals surface area contributed by atoms with Gasteiger partial charge >= 0.3 is 0 Å². The average Bonchev–Trinajstić information content (AvgIpc) is 2.57. The minimum Gasteiger partial charge on any atom is -0.489 e. The largest absolute Gasteiger partial charge is 0.489 e. The predicted molar refractivity (Wildman–Crippen MR) is 95.9 cm³/mol. The molecule has 1 N–H and O–H groups in total. The van der Waals surface area contributed by atoms with Crippen molar-refractivity contribution in [3.05, 3.63) is 54.6 Å². The predicted octanol–water partition coefficient (Wildman–Crippen LogP) is 4.81. The lowest BCUT2D eigenvalue weighted by Crippen LogP contribution is -2.44. The molecule has 2 atom stereocenters. The molecule has 1 aliphatic heterocycles. The van der Waals surface area contributed by atoms with E-state index in [-0.39, 0.29) is 18.5 Å². The summed E-state index contributed by atoms with van der Waals surface area (Å²) in [7, 11) is 0. The third-order valence-corrected chi connectivity index (χ3v) is 4.02. The van der Waals surface area contributed by atoms with Crippen molar-refractivity contribution in [3.63, 3.8) is 0 Å². The molecule has 0 amide bonds. The van der Waals surface area contributed by atoms with Crippen molar-refractivity contribution in [1.82, 2.24) is 5.32 Å². The summed E-state index contributed by atoms with van der Waals surface area (Å²) in [4.78, 5) is 0. The van der Waals surface area contributed by atoms with E-state index in [4.69, 9.17) is 9.47 Å². The highest BCUT2D eigenvalue weighted by atomic mass is 35.5. The Labute approximate surface area is 144 Å². The second kappa shape index (κ2) is 8.80. The summed E-state index contributed by atoms with van der Waals surface area (Å²) in [6, 6.07) is 18.1.